The van der Waals surface area contributed by atoms with Gasteiger partial charge in [0, 0.05) is 30.9 Å². The van der Waals surface area contributed by atoms with Crippen molar-refractivity contribution in [3.63, 3.8) is 0 Å². The standard InChI is InChI=1S/C21H26N4O/c1-14-17-8-5-9-18(17)24-20(23-14)10-11-22-21(26)19-12-15-6-3-4-7-16(15)13-25(19)2/h3-4,6-7,19H,5,8-13H2,1-2H3,(H,22,26). The monoisotopic (exact) mass is 350 g/mol. The first-order valence-corrected chi connectivity index (χ1v) is 9.52. The molecule has 136 valence electrons. The lowest BCUT2D eigenvalue weighted by Crippen LogP contribution is -2.48. The number of nitrogens with zero attached hydrogens (tertiary/aromatic N) is 3. The summed E-state index contributed by atoms with van der Waals surface area (Å²) in [6.45, 7) is 3.48. The summed E-state index contributed by atoms with van der Waals surface area (Å²) in [6, 6.07) is 8.28. The van der Waals surface area contributed by atoms with Crippen molar-refractivity contribution >= 4 is 5.91 Å². The van der Waals surface area contributed by atoms with E-state index in [1.54, 1.807) is 0 Å². The van der Waals surface area contributed by atoms with Crippen LogP contribution in [-0.4, -0.2) is 40.4 Å². The molecule has 5 nitrogen and oxygen atoms in total. The number of hydrogen-bond acceptors (Lipinski definition) is 4. The molecule has 2 heterocycles. The zero-order chi connectivity index (χ0) is 18.1. The second-order valence-electron chi connectivity index (χ2n) is 7.45. The lowest BCUT2D eigenvalue weighted by atomic mass is 9.94. The summed E-state index contributed by atoms with van der Waals surface area (Å²) in [7, 11) is 2.02. The van der Waals surface area contributed by atoms with Crippen molar-refractivity contribution in [2.24, 2.45) is 0 Å². The molecule has 0 fully saturated rings. The van der Waals surface area contributed by atoms with Gasteiger partial charge in [0.15, 0.2) is 0 Å². The largest absolute Gasteiger partial charge is 0.354 e. The first-order valence-electron chi connectivity index (χ1n) is 9.52. The SMILES string of the molecule is Cc1nc(CCNC(=O)C2Cc3ccccc3CN2C)nc2c1CCC2. The van der Waals surface area contributed by atoms with Crippen LogP contribution in [0.4, 0.5) is 0 Å². The zero-order valence-corrected chi connectivity index (χ0v) is 15.6. The van der Waals surface area contributed by atoms with Crippen molar-refractivity contribution in [2.45, 2.75) is 51.6 Å². The van der Waals surface area contributed by atoms with Crippen LogP contribution < -0.4 is 5.32 Å². The van der Waals surface area contributed by atoms with Crippen molar-refractivity contribution in [1.82, 2.24) is 20.2 Å². The molecule has 0 saturated heterocycles. The van der Waals surface area contributed by atoms with Gasteiger partial charge in [0.2, 0.25) is 5.91 Å². The van der Waals surface area contributed by atoms with Gasteiger partial charge in [-0.1, -0.05) is 24.3 Å². The van der Waals surface area contributed by atoms with E-state index in [0.717, 1.165) is 37.3 Å². The molecule has 4 rings (SSSR count). The van der Waals surface area contributed by atoms with Crippen molar-refractivity contribution in [3.8, 4) is 0 Å². The van der Waals surface area contributed by atoms with E-state index in [-0.39, 0.29) is 11.9 Å². The summed E-state index contributed by atoms with van der Waals surface area (Å²) in [4.78, 5) is 24.1. The van der Waals surface area contributed by atoms with Crippen molar-refractivity contribution in [3.05, 3.63) is 58.2 Å². The minimum absolute atomic E-state index is 0.0971. The van der Waals surface area contributed by atoms with Crippen LogP contribution in [0, 0.1) is 6.92 Å². The number of aryl methyl sites for hydroxylation is 2. The number of hydrogen-bond donors (Lipinski definition) is 1. The number of benzene rings is 1. The lowest BCUT2D eigenvalue weighted by molar-refractivity contribution is -0.126. The van der Waals surface area contributed by atoms with E-state index >= 15 is 0 Å². The number of amides is 1. The van der Waals surface area contributed by atoms with Crippen LogP contribution in [-0.2, 0) is 37.0 Å². The molecule has 1 N–H and O–H groups in total. The molecule has 1 atom stereocenters. The van der Waals surface area contributed by atoms with Gasteiger partial charge in [-0.25, -0.2) is 9.97 Å². The molecule has 1 unspecified atom stereocenters. The van der Waals surface area contributed by atoms with Gasteiger partial charge in [0.05, 0.1) is 6.04 Å². The first-order chi connectivity index (χ1) is 12.6. The van der Waals surface area contributed by atoms with Crippen LogP contribution in [0.15, 0.2) is 24.3 Å². The first kappa shape index (κ1) is 17.2. The van der Waals surface area contributed by atoms with E-state index in [1.165, 1.54) is 28.8 Å². The van der Waals surface area contributed by atoms with Crippen molar-refractivity contribution in [1.29, 1.82) is 0 Å². The van der Waals surface area contributed by atoms with E-state index in [1.807, 2.05) is 13.1 Å². The number of rotatable bonds is 4. The maximum absolute atomic E-state index is 12.7. The molecule has 1 aromatic carbocycles. The molecule has 2 aliphatic rings. The van der Waals surface area contributed by atoms with Crippen LogP contribution in [0.25, 0.3) is 0 Å². The Bertz CT molecular complexity index is 833. The third kappa shape index (κ3) is 3.36. The molecular weight excluding hydrogens is 324 g/mol. The third-order valence-electron chi connectivity index (χ3n) is 5.62. The normalized spacial score (nSPS) is 19.1. The third-order valence-corrected chi connectivity index (χ3v) is 5.62. The molecule has 1 amide bonds. The number of fused-ring (bicyclic) bond motifs is 2. The van der Waals surface area contributed by atoms with Gasteiger partial charge in [-0.3, -0.25) is 9.69 Å². The highest BCUT2D eigenvalue weighted by Gasteiger charge is 2.28. The van der Waals surface area contributed by atoms with Gasteiger partial charge >= 0.3 is 0 Å². The van der Waals surface area contributed by atoms with Gasteiger partial charge in [-0.05, 0) is 56.3 Å². The van der Waals surface area contributed by atoms with Gasteiger partial charge in [0.25, 0.3) is 0 Å². The fraction of sp³-hybridized carbons (Fsp3) is 0.476. The Morgan fingerprint density at radius 1 is 1.23 bits per heavy atom. The highest BCUT2D eigenvalue weighted by atomic mass is 16.2. The lowest BCUT2D eigenvalue weighted by Gasteiger charge is -2.33. The van der Waals surface area contributed by atoms with E-state index in [9.17, 15) is 4.79 Å². The molecule has 26 heavy (non-hydrogen) atoms. The van der Waals surface area contributed by atoms with E-state index in [4.69, 9.17) is 4.98 Å². The molecule has 5 heteroatoms. The fourth-order valence-corrected chi connectivity index (χ4v) is 4.16. The predicted molar refractivity (Wildman–Crippen MR) is 101 cm³/mol. The Kier molecular flexibility index (Phi) is 4.72. The summed E-state index contributed by atoms with van der Waals surface area (Å²) in [5.41, 5.74) is 6.25. The summed E-state index contributed by atoms with van der Waals surface area (Å²) >= 11 is 0. The molecule has 1 aliphatic carbocycles. The van der Waals surface area contributed by atoms with E-state index < -0.39 is 0 Å². The Hall–Kier alpha value is -2.27. The van der Waals surface area contributed by atoms with Gasteiger partial charge < -0.3 is 5.32 Å². The van der Waals surface area contributed by atoms with Gasteiger partial charge in [0.1, 0.15) is 5.82 Å². The van der Waals surface area contributed by atoms with E-state index in [2.05, 4.69) is 40.3 Å². The smallest absolute Gasteiger partial charge is 0.237 e. The highest BCUT2D eigenvalue weighted by Crippen LogP contribution is 2.23. The summed E-state index contributed by atoms with van der Waals surface area (Å²) < 4.78 is 0. The second kappa shape index (κ2) is 7.16. The minimum Gasteiger partial charge on any atom is -0.354 e. The fourth-order valence-electron chi connectivity index (χ4n) is 4.16. The van der Waals surface area contributed by atoms with E-state index in [0.29, 0.717) is 13.0 Å². The Morgan fingerprint density at radius 3 is 2.88 bits per heavy atom. The molecule has 2 aromatic rings. The predicted octanol–water partition coefficient (Wildman–Crippen LogP) is 1.99. The van der Waals surface area contributed by atoms with Gasteiger partial charge in [-0.15, -0.1) is 0 Å². The van der Waals surface area contributed by atoms with Gasteiger partial charge in [-0.2, -0.15) is 0 Å². The molecule has 0 spiro atoms. The minimum atomic E-state index is -0.104. The topological polar surface area (TPSA) is 58.1 Å². The van der Waals surface area contributed by atoms with Crippen molar-refractivity contribution in [2.75, 3.05) is 13.6 Å². The maximum atomic E-state index is 12.7. The average molecular weight is 350 g/mol. The number of nitrogens with one attached hydrogen (secondary N) is 1. The van der Waals surface area contributed by atoms with Crippen LogP contribution in [0.3, 0.4) is 0 Å². The quantitative estimate of drug-likeness (QED) is 0.916. The number of likely N-dealkylation sites (N-methyl/N-ethyl adjacent to an activating group) is 1. The molecule has 1 aliphatic heterocycles. The Labute approximate surface area is 154 Å². The van der Waals surface area contributed by atoms with Crippen LogP contribution in [0.2, 0.25) is 0 Å². The summed E-state index contributed by atoms with van der Waals surface area (Å²) in [5, 5.41) is 3.09. The molecule has 1 aromatic heterocycles. The highest BCUT2D eigenvalue weighted by molar-refractivity contribution is 5.82. The number of aromatic nitrogens is 2. The summed E-state index contributed by atoms with van der Waals surface area (Å²) in [5.74, 6) is 0.950. The molecule has 0 bridgehead atoms. The Morgan fingerprint density at radius 2 is 2.04 bits per heavy atom. The van der Waals surface area contributed by atoms with Crippen LogP contribution in [0.1, 0.15) is 40.3 Å². The summed E-state index contributed by atoms with van der Waals surface area (Å²) in [6.07, 6.45) is 4.80. The Balaban J connectivity index is 1.35. The van der Waals surface area contributed by atoms with Crippen LogP contribution >= 0.6 is 0 Å². The molecule has 0 saturated carbocycles. The maximum Gasteiger partial charge on any atom is 0.237 e. The average Bonchev–Trinajstić information content (AvgIpc) is 3.10. The zero-order valence-electron chi connectivity index (χ0n) is 15.6. The number of carbonyl (C=O) groups excluding carboxylic acids is 1. The molecular formula is C21H26N4O. The molecule has 0 radical (unpaired) electrons. The second-order valence-corrected chi connectivity index (χ2v) is 7.45. The van der Waals surface area contributed by atoms with Crippen LogP contribution in [0.5, 0.6) is 0 Å². The van der Waals surface area contributed by atoms with Crippen molar-refractivity contribution < 1.29 is 4.79 Å². The number of carbonyl (C=O) groups is 1.